The molecule has 1 aromatic carbocycles. The third kappa shape index (κ3) is 3.95. The van der Waals surface area contributed by atoms with Crippen molar-refractivity contribution in [3.63, 3.8) is 0 Å². The Morgan fingerprint density at radius 3 is 2.79 bits per heavy atom. The second-order valence-corrected chi connectivity index (χ2v) is 8.37. The summed E-state index contributed by atoms with van der Waals surface area (Å²) in [6, 6.07) is 8.01. The molecule has 3 aliphatic rings. The van der Waals surface area contributed by atoms with Gasteiger partial charge in [-0.25, -0.2) is 9.97 Å². The van der Waals surface area contributed by atoms with Gasteiger partial charge in [-0.3, -0.25) is 0 Å². The summed E-state index contributed by atoms with van der Waals surface area (Å²) in [6.07, 6.45) is 5.02. The van der Waals surface area contributed by atoms with Gasteiger partial charge < -0.3 is 25.0 Å². The smallest absolute Gasteiger partial charge is 0.231 e. The molecule has 2 aromatic rings. The van der Waals surface area contributed by atoms with Crippen molar-refractivity contribution in [3.8, 4) is 11.5 Å². The molecule has 7 heteroatoms. The Morgan fingerprint density at radius 1 is 1.10 bits per heavy atom. The molecule has 2 saturated carbocycles. The Morgan fingerprint density at radius 2 is 1.97 bits per heavy atom. The molecular weight excluding hydrogens is 370 g/mol. The van der Waals surface area contributed by atoms with E-state index in [4.69, 9.17) is 14.5 Å². The van der Waals surface area contributed by atoms with E-state index in [1.54, 1.807) is 0 Å². The first-order chi connectivity index (χ1) is 14.2. The molecule has 0 radical (unpaired) electrons. The molecule has 2 heterocycles. The largest absolute Gasteiger partial charge is 0.454 e. The summed E-state index contributed by atoms with van der Waals surface area (Å²) in [4.78, 5) is 9.16. The van der Waals surface area contributed by atoms with Crippen LogP contribution in [-0.4, -0.2) is 45.7 Å². The molecule has 4 atom stereocenters. The van der Waals surface area contributed by atoms with Crippen LogP contribution in [0.2, 0.25) is 0 Å². The molecule has 7 nitrogen and oxygen atoms in total. The van der Waals surface area contributed by atoms with Crippen molar-refractivity contribution in [2.75, 3.05) is 13.4 Å². The zero-order valence-corrected chi connectivity index (χ0v) is 16.3. The van der Waals surface area contributed by atoms with Crippen LogP contribution in [-0.2, 0) is 13.0 Å². The first kappa shape index (κ1) is 18.8. The lowest BCUT2D eigenvalue weighted by Crippen LogP contribution is -2.36. The minimum atomic E-state index is -0.510. The molecule has 1 aromatic heterocycles. The highest BCUT2D eigenvalue weighted by molar-refractivity contribution is 5.44. The summed E-state index contributed by atoms with van der Waals surface area (Å²) in [6.45, 7) is 0.914. The zero-order valence-electron chi connectivity index (χ0n) is 16.3. The molecule has 154 valence electrons. The van der Waals surface area contributed by atoms with Crippen molar-refractivity contribution in [1.82, 2.24) is 15.3 Å². The van der Waals surface area contributed by atoms with Crippen molar-refractivity contribution in [1.29, 1.82) is 0 Å². The normalized spacial score (nSPS) is 28.1. The van der Waals surface area contributed by atoms with Crippen molar-refractivity contribution in [2.24, 2.45) is 11.8 Å². The summed E-state index contributed by atoms with van der Waals surface area (Å²) < 4.78 is 10.8. The quantitative estimate of drug-likeness (QED) is 0.655. The van der Waals surface area contributed by atoms with Crippen molar-refractivity contribution < 1.29 is 19.7 Å². The maximum absolute atomic E-state index is 10.5. The number of nitrogens with one attached hydrogen (secondary N) is 1. The van der Waals surface area contributed by atoms with E-state index in [1.807, 2.05) is 30.5 Å². The summed E-state index contributed by atoms with van der Waals surface area (Å²) in [7, 11) is 0. The van der Waals surface area contributed by atoms with E-state index < -0.39 is 6.10 Å². The number of rotatable bonds is 7. The van der Waals surface area contributed by atoms with Crippen LogP contribution in [0.5, 0.6) is 11.5 Å². The van der Waals surface area contributed by atoms with Crippen LogP contribution in [0.15, 0.2) is 30.5 Å². The molecule has 0 amide bonds. The van der Waals surface area contributed by atoms with E-state index >= 15 is 0 Å². The lowest BCUT2D eigenvalue weighted by atomic mass is 9.88. The summed E-state index contributed by atoms with van der Waals surface area (Å²) >= 11 is 0. The molecule has 0 saturated heterocycles. The molecule has 29 heavy (non-hydrogen) atoms. The highest BCUT2D eigenvalue weighted by atomic mass is 16.7. The van der Waals surface area contributed by atoms with E-state index in [2.05, 4.69) is 10.3 Å². The molecule has 0 spiro atoms. The first-order valence-electron chi connectivity index (χ1n) is 10.4. The number of benzene rings is 1. The minimum absolute atomic E-state index is 0.0192. The number of aliphatic hydroxyl groups is 2. The second-order valence-electron chi connectivity index (χ2n) is 8.37. The van der Waals surface area contributed by atoms with Crippen molar-refractivity contribution in [3.05, 3.63) is 47.5 Å². The van der Waals surface area contributed by atoms with Gasteiger partial charge in [0.2, 0.25) is 6.79 Å². The monoisotopic (exact) mass is 397 g/mol. The van der Waals surface area contributed by atoms with Gasteiger partial charge >= 0.3 is 0 Å². The molecule has 5 rings (SSSR count). The SMILES string of the molecule is OC[C@@H]1[C@@H](Cc2ccnc(C3CC3)n2)[C@H](NCc2ccc3c(c2)OCO3)C[C@H]1O. The van der Waals surface area contributed by atoms with Crippen LogP contribution in [0, 0.1) is 11.8 Å². The second kappa shape index (κ2) is 7.89. The Kier molecular flexibility index (Phi) is 5.11. The fourth-order valence-electron chi connectivity index (χ4n) is 4.59. The summed E-state index contributed by atoms with van der Waals surface area (Å²) in [5.74, 6) is 2.96. The molecule has 2 fully saturated rings. The van der Waals surface area contributed by atoms with Gasteiger partial charge in [0.25, 0.3) is 0 Å². The van der Waals surface area contributed by atoms with Crippen LogP contribution in [0.25, 0.3) is 0 Å². The number of hydrogen-bond acceptors (Lipinski definition) is 7. The Hall–Kier alpha value is -2.22. The van der Waals surface area contributed by atoms with Crippen LogP contribution < -0.4 is 14.8 Å². The highest BCUT2D eigenvalue weighted by Gasteiger charge is 2.42. The van der Waals surface area contributed by atoms with E-state index in [0.29, 0.717) is 18.9 Å². The number of nitrogens with zero attached hydrogens (tertiary/aromatic N) is 2. The first-order valence-corrected chi connectivity index (χ1v) is 10.4. The van der Waals surface area contributed by atoms with Gasteiger partial charge in [-0.2, -0.15) is 0 Å². The van der Waals surface area contributed by atoms with Crippen LogP contribution >= 0.6 is 0 Å². The van der Waals surface area contributed by atoms with Gasteiger partial charge in [0.05, 0.1) is 6.10 Å². The fraction of sp³-hybridized carbons (Fsp3) is 0.545. The number of fused-ring (bicyclic) bond motifs is 1. The minimum Gasteiger partial charge on any atom is -0.454 e. The lowest BCUT2D eigenvalue weighted by Gasteiger charge is -2.25. The van der Waals surface area contributed by atoms with Crippen molar-refractivity contribution >= 4 is 0 Å². The highest BCUT2D eigenvalue weighted by Crippen LogP contribution is 2.39. The van der Waals surface area contributed by atoms with E-state index in [-0.39, 0.29) is 31.3 Å². The van der Waals surface area contributed by atoms with E-state index in [1.165, 1.54) is 12.8 Å². The molecule has 0 unspecified atom stereocenters. The number of ether oxygens (including phenoxy) is 2. The fourth-order valence-corrected chi connectivity index (χ4v) is 4.59. The van der Waals surface area contributed by atoms with Crippen molar-refractivity contribution in [2.45, 2.75) is 50.3 Å². The average molecular weight is 397 g/mol. The van der Waals surface area contributed by atoms with Gasteiger partial charge in [0, 0.05) is 42.9 Å². The predicted octanol–water partition coefficient (Wildman–Crippen LogP) is 1.77. The number of hydrogen-bond donors (Lipinski definition) is 3. The topological polar surface area (TPSA) is 96.7 Å². The standard InChI is InChI=1S/C22H27N3O4/c26-11-17-16(8-15-5-6-23-22(25-15)14-2-3-14)18(9-19(17)27)24-10-13-1-4-20-21(7-13)29-12-28-20/h1,4-7,14,16-19,24,26-27H,2-3,8-12H2/t16-,17-,18-,19-/m1/s1. The van der Waals surface area contributed by atoms with Gasteiger partial charge in [-0.1, -0.05) is 6.07 Å². The third-order valence-electron chi connectivity index (χ3n) is 6.39. The molecule has 0 bridgehead atoms. The maximum Gasteiger partial charge on any atom is 0.231 e. The predicted molar refractivity (Wildman–Crippen MR) is 106 cm³/mol. The van der Waals surface area contributed by atoms with Gasteiger partial charge in [0.1, 0.15) is 5.82 Å². The zero-order chi connectivity index (χ0) is 19.8. The van der Waals surface area contributed by atoms with Gasteiger partial charge in [-0.05, 0) is 55.4 Å². The number of aliphatic hydroxyl groups excluding tert-OH is 2. The van der Waals surface area contributed by atoms with E-state index in [0.717, 1.165) is 35.0 Å². The molecule has 2 aliphatic carbocycles. The Labute approximate surface area is 170 Å². The maximum atomic E-state index is 10.5. The Balaban J connectivity index is 1.29. The third-order valence-corrected chi connectivity index (χ3v) is 6.39. The summed E-state index contributed by atoms with van der Waals surface area (Å²) in [5, 5.41) is 24.0. The summed E-state index contributed by atoms with van der Waals surface area (Å²) in [5.41, 5.74) is 2.10. The molecular formula is C22H27N3O4. The molecule has 3 N–H and O–H groups in total. The van der Waals surface area contributed by atoms with Gasteiger partial charge in [0.15, 0.2) is 11.5 Å². The van der Waals surface area contributed by atoms with E-state index in [9.17, 15) is 10.2 Å². The van der Waals surface area contributed by atoms with Crippen LogP contribution in [0.1, 0.15) is 42.3 Å². The van der Waals surface area contributed by atoms with Crippen LogP contribution in [0.4, 0.5) is 0 Å². The van der Waals surface area contributed by atoms with Gasteiger partial charge in [-0.15, -0.1) is 0 Å². The molecule has 1 aliphatic heterocycles. The number of aromatic nitrogens is 2. The van der Waals surface area contributed by atoms with Crippen LogP contribution in [0.3, 0.4) is 0 Å². The lowest BCUT2D eigenvalue weighted by molar-refractivity contribution is 0.0716. The average Bonchev–Trinajstić information content (AvgIpc) is 3.41. The Bertz CT molecular complexity index is 873.